The highest BCUT2D eigenvalue weighted by Crippen LogP contribution is 2.32. The van der Waals surface area contributed by atoms with E-state index >= 15 is 0 Å². The van der Waals surface area contributed by atoms with E-state index in [1.807, 2.05) is 13.8 Å². The summed E-state index contributed by atoms with van der Waals surface area (Å²) >= 11 is 6.11. The van der Waals surface area contributed by atoms with Crippen LogP contribution in [0.25, 0.3) is 0 Å². The Bertz CT molecular complexity index is 416. The third-order valence-corrected chi connectivity index (χ3v) is 3.04. The van der Waals surface area contributed by atoms with E-state index < -0.39 is 0 Å². The summed E-state index contributed by atoms with van der Waals surface area (Å²) in [5.74, 6) is 0.568. The van der Waals surface area contributed by atoms with Gasteiger partial charge in [0.1, 0.15) is 5.75 Å². The minimum atomic E-state index is 0.00205. The van der Waals surface area contributed by atoms with Crippen molar-refractivity contribution in [2.24, 2.45) is 0 Å². The number of carbonyl (C=O) groups excluding carboxylic acids is 1. The van der Waals surface area contributed by atoms with Crippen molar-refractivity contribution in [3.05, 3.63) is 27.8 Å². The lowest BCUT2D eigenvalue weighted by molar-refractivity contribution is 0.0990. The fourth-order valence-electron chi connectivity index (χ4n) is 1.67. The lowest BCUT2D eigenvalue weighted by Crippen LogP contribution is -2.19. The highest BCUT2D eigenvalue weighted by atomic mass is 35.5. The summed E-state index contributed by atoms with van der Waals surface area (Å²) in [6, 6.07) is 1.77. The predicted molar refractivity (Wildman–Crippen MR) is 65.7 cm³/mol. The molecule has 0 radical (unpaired) electrons. The molecule has 0 saturated heterocycles. The molecule has 1 aromatic carbocycles. The number of carbonyl (C=O) groups is 1. The molecule has 0 atom stereocenters. The predicted octanol–water partition coefficient (Wildman–Crippen LogP) is 2.37. The van der Waals surface area contributed by atoms with E-state index in [0.29, 0.717) is 16.3 Å². The van der Waals surface area contributed by atoms with Crippen LogP contribution in [0.15, 0.2) is 6.07 Å². The van der Waals surface area contributed by atoms with Gasteiger partial charge in [0.25, 0.3) is 0 Å². The zero-order valence-corrected chi connectivity index (χ0v) is 10.7. The van der Waals surface area contributed by atoms with E-state index in [0.717, 1.165) is 11.1 Å². The highest BCUT2D eigenvalue weighted by molar-refractivity contribution is 6.32. The molecule has 0 aromatic heterocycles. The smallest absolute Gasteiger partial charge is 0.180 e. The molecule has 1 aromatic rings. The Labute approximate surface area is 101 Å². The van der Waals surface area contributed by atoms with E-state index in [-0.39, 0.29) is 12.3 Å². The molecule has 0 fully saturated rings. The minimum Gasteiger partial charge on any atom is -0.496 e. The Kier molecular flexibility index (Phi) is 4.33. The van der Waals surface area contributed by atoms with Gasteiger partial charge in [0.05, 0.1) is 24.2 Å². The Morgan fingerprint density at radius 2 is 2.12 bits per heavy atom. The van der Waals surface area contributed by atoms with Gasteiger partial charge in [0, 0.05) is 5.56 Å². The molecule has 0 aliphatic carbocycles. The van der Waals surface area contributed by atoms with Crippen LogP contribution in [0.2, 0.25) is 5.02 Å². The lowest BCUT2D eigenvalue weighted by atomic mass is 10.0. The van der Waals surface area contributed by atoms with Crippen LogP contribution in [-0.4, -0.2) is 26.5 Å². The summed E-state index contributed by atoms with van der Waals surface area (Å²) in [5.41, 5.74) is 2.28. The third-order valence-electron chi connectivity index (χ3n) is 2.46. The van der Waals surface area contributed by atoms with E-state index in [1.54, 1.807) is 20.2 Å². The maximum atomic E-state index is 11.9. The maximum absolute atomic E-state index is 11.9. The molecule has 0 saturated carbocycles. The monoisotopic (exact) mass is 241 g/mol. The van der Waals surface area contributed by atoms with Crippen molar-refractivity contribution in [1.82, 2.24) is 5.32 Å². The van der Waals surface area contributed by atoms with Gasteiger partial charge in [0.2, 0.25) is 0 Å². The van der Waals surface area contributed by atoms with Crippen LogP contribution in [0.3, 0.4) is 0 Å². The second kappa shape index (κ2) is 5.32. The number of hydrogen-bond acceptors (Lipinski definition) is 3. The summed E-state index contributed by atoms with van der Waals surface area (Å²) in [6.07, 6.45) is 0. The van der Waals surface area contributed by atoms with E-state index in [9.17, 15) is 4.79 Å². The molecule has 0 amide bonds. The number of methoxy groups -OCH3 is 1. The number of benzene rings is 1. The summed E-state index contributed by atoms with van der Waals surface area (Å²) in [6.45, 7) is 4.02. The number of nitrogens with one attached hydrogen (secondary N) is 1. The Morgan fingerprint density at radius 3 is 2.62 bits per heavy atom. The standard InChI is InChI=1S/C12H16ClNO2/c1-7-5-9(10(15)6-14-3)12(16-4)8(2)11(7)13/h5,14H,6H2,1-4H3. The number of Topliss-reactive ketones (excluding diaryl/α,β-unsaturated/α-hetero) is 1. The molecule has 0 aliphatic rings. The Balaban J connectivity index is 3.33. The average Bonchev–Trinajstić information content (AvgIpc) is 2.26. The maximum Gasteiger partial charge on any atom is 0.180 e. The summed E-state index contributed by atoms with van der Waals surface area (Å²) < 4.78 is 5.25. The minimum absolute atomic E-state index is 0.00205. The third kappa shape index (κ3) is 2.36. The normalized spacial score (nSPS) is 10.3. The van der Waals surface area contributed by atoms with Crippen molar-refractivity contribution in [3.8, 4) is 5.75 Å². The molecule has 88 valence electrons. The number of ether oxygens (including phenoxy) is 1. The van der Waals surface area contributed by atoms with Crippen LogP contribution < -0.4 is 10.1 Å². The van der Waals surface area contributed by atoms with E-state index in [4.69, 9.17) is 16.3 Å². The van der Waals surface area contributed by atoms with Crippen molar-refractivity contribution < 1.29 is 9.53 Å². The molecule has 0 spiro atoms. The van der Waals surface area contributed by atoms with Crippen LogP contribution >= 0.6 is 11.6 Å². The van der Waals surface area contributed by atoms with Gasteiger partial charge >= 0.3 is 0 Å². The number of halogens is 1. The van der Waals surface area contributed by atoms with Crippen LogP contribution in [0.4, 0.5) is 0 Å². The largest absolute Gasteiger partial charge is 0.496 e. The number of hydrogen-bond donors (Lipinski definition) is 1. The highest BCUT2D eigenvalue weighted by Gasteiger charge is 2.17. The van der Waals surface area contributed by atoms with Crippen molar-refractivity contribution in [3.63, 3.8) is 0 Å². The molecular weight excluding hydrogens is 226 g/mol. The first-order valence-corrected chi connectivity index (χ1v) is 5.42. The van der Waals surface area contributed by atoms with Crippen LogP contribution in [-0.2, 0) is 0 Å². The van der Waals surface area contributed by atoms with Gasteiger partial charge < -0.3 is 10.1 Å². The number of likely N-dealkylation sites (N-methyl/N-ethyl adjacent to an activating group) is 1. The van der Waals surface area contributed by atoms with Gasteiger partial charge in [-0.05, 0) is 32.5 Å². The fraction of sp³-hybridized carbons (Fsp3) is 0.417. The van der Waals surface area contributed by atoms with E-state index in [2.05, 4.69) is 5.32 Å². The zero-order valence-electron chi connectivity index (χ0n) is 9.98. The number of ketones is 1. The Morgan fingerprint density at radius 1 is 1.50 bits per heavy atom. The first-order chi connectivity index (χ1) is 7.52. The quantitative estimate of drug-likeness (QED) is 0.823. The first kappa shape index (κ1) is 13.0. The topological polar surface area (TPSA) is 38.3 Å². The molecule has 1 rings (SSSR count). The summed E-state index contributed by atoms with van der Waals surface area (Å²) in [7, 11) is 3.28. The van der Waals surface area contributed by atoms with Crippen LogP contribution in [0.1, 0.15) is 21.5 Å². The number of aryl methyl sites for hydroxylation is 1. The Hall–Kier alpha value is -1.06. The summed E-state index contributed by atoms with van der Waals surface area (Å²) in [5, 5.41) is 3.48. The zero-order chi connectivity index (χ0) is 12.3. The van der Waals surface area contributed by atoms with Gasteiger partial charge in [-0.15, -0.1) is 0 Å². The van der Waals surface area contributed by atoms with Crippen molar-refractivity contribution >= 4 is 17.4 Å². The van der Waals surface area contributed by atoms with E-state index in [1.165, 1.54) is 0 Å². The lowest BCUT2D eigenvalue weighted by Gasteiger charge is -2.13. The SMILES string of the molecule is CNCC(=O)c1cc(C)c(Cl)c(C)c1OC. The van der Waals surface area contributed by atoms with Crippen molar-refractivity contribution in [2.45, 2.75) is 13.8 Å². The molecular formula is C12H16ClNO2. The molecule has 16 heavy (non-hydrogen) atoms. The van der Waals surface area contributed by atoms with Gasteiger partial charge in [-0.1, -0.05) is 11.6 Å². The van der Waals surface area contributed by atoms with Crippen molar-refractivity contribution in [2.75, 3.05) is 20.7 Å². The number of rotatable bonds is 4. The average molecular weight is 242 g/mol. The van der Waals surface area contributed by atoms with Crippen LogP contribution in [0.5, 0.6) is 5.75 Å². The van der Waals surface area contributed by atoms with Gasteiger partial charge in [0.15, 0.2) is 5.78 Å². The first-order valence-electron chi connectivity index (χ1n) is 5.04. The molecule has 4 heteroatoms. The molecule has 1 N–H and O–H groups in total. The van der Waals surface area contributed by atoms with Gasteiger partial charge in [-0.25, -0.2) is 0 Å². The second-order valence-electron chi connectivity index (χ2n) is 3.67. The van der Waals surface area contributed by atoms with Gasteiger partial charge in [-0.2, -0.15) is 0 Å². The fourth-order valence-corrected chi connectivity index (χ4v) is 1.81. The molecule has 0 aliphatic heterocycles. The van der Waals surface area contributed by atoms with Gasteiger partial charge in [-0.3, -0.25) is 4.79 Å². The molecule has 0 bridgehead atoms. The summed E-state index contributed by atoms with van der Waals surface area (Å²) in [4.78, 5) is 11.9. The second-order valence-corrected chi connectivity index (χ2v) is 4.04. The van der Waals surface area contributed by atoms with Crippen molar-refractivity contribution in [1.29, 1.82) is 0 Å². The molecule has 0 unspecified atom stereocenters. The molecule has 0 heterocycles. The van der Waals surface area contributed by atoms with Crippen LogP contribution in [0, 0.1) is 13.8 Å². The molecule has 3 nitrogen and oxygen atoms in total.